The van der Waals surface area contributed by atoms with Crippen LogP contribution >= 0.6 is 0 Å². The lowest BCUT2D eigenvalue weighted by Crippen LogP contribution is -2.23. The van der Waals surface area contributed by atoms with Gasteiger partial charge in [-0.1, -0.05) is 22.3 Å². The number of phenols is 1. The Morgan fingerprint density at radius 2 is 1.34 bits per heavy atom. The van der Waals surface area contributed by atoms with Crippen molar-refractivity contribution in [2.24, 2.45) is 0 Å². The van der Waals surface area contributed by atoms with Gasteiger partial charge in [0.05, 0.1) is 70.0 Å². The van der Waals surface area contributed by atoms with Crippen LogP contribution < -0.4 is 27.0 Å². The quantitative estimate of drug-likeness (QED) is 0.0117. The van der Waals surface area contributed by atoms with E-state index in [2.05, 4.69) is 24.7 Å². The zero-order valence-corrected chi connectivity index (χ0v) is 33.9. The molecule has 1 aliphatic heterocycles. The topological polar surface area (TPSA) is 242 Å². The number of nitrogen functional groups attached to an aromatic ring is 1. The Balaban J connectivity index is 0.000000285. The molecule has 17 nitrogen and oxygen atoms in total. The molecule has 0 spiro atoms. The molecular formula is C45H43F6N7O10. The molecule has 0 bridgehead atoms. The molecule has 0 radical (unpaired) electrons. The fourth-order valence-corrected chi connectivity index (χ4v) is 6.18. The van der Waals surface area contributed by atoms with Gasteiger partial charge in [0.2, 0.25) is 17.0 Å². The number of hydrogen-bond donors (Lipinski definition) is 4. The highest BCUT2D eigenvalue weighted by Crippen LogP contribution is 2.43. The number of anilines is 1. The van der Waals surface area contributed by atoms with E-state index in [0.717, 1.165) is 6.20 Å². The molecule has 0 saturated carbocycles. The summed E-state index contributed by atoms with van der Waals surface area (Å²) in [6, 6.07) is 6.49. The van der Waals surface area contributed by atoms with Crippen LogP contribution in [-0.2, 0) is 14.3 Å². The average molecular weight is 956 g/mol. The minimum absolute atomic E-state index is 0. The van der Waals surface area contributed by atoms with Crippen molar-refractivity contribution in [3.8, 4) is 22.9 Å². The van der Waals surface area contributed by atoms with Crippen LogP contribution in [0.4, 0.5) is 32.0 Å². The first kappa shape index (κ1) is 53.8. The number of nitrogens with two attached hydrogens (primary N) is 1. The first-order valence-electron chi connectivity index (χ1n) is 18.6. The summed E-state index contributed by atoms with van der Waals surface area (Å²) in [5.74, 6) is -14.3. The number of hydrogen-bond acceptors (Lipinski definition) is 14. The molecule has 0 unspecified atom stereocenters. The number of halogens is 6. The van der Waals surface area contributed by atoms with E-state index in [1.807, 2.05) is 0 Å². The summed E-state index contributed by atoms with van der Waals surface area (Å²) in [6.45, 7) is 3.02. The van der Waals surface area contributed by atoms with E-state index < -0.39 is 80.5 Å². The number of pyridine rings is 1. The van der Waals surface area contributed by atoms with Crippen molar-refractivity contribution in [3.63, 3.8) is 0 Å². The zero-order valence-electron chi connectivity index (χ0n) is 33.9. The monoisotopic (exact) mass is 955 g/mol. The van der Waals surface area contributed by atoms with E-state index in [9.17, 15) is 60.2 Å². The summed E-state index contributed by atoms with van der Waals surface area (Å²) >= 11 is 0. The van der Waals surface area contributed by atoms with Crippen molar-refractivity contribution >= 4 is 56.1 Å². The number of fused-ring (bicyclic) bond motifs is 4. The number of Topliss-reactive ketones (excluding diaryl/α,β-unsaturated/α-hetero) is 1. The molecule has 3 aromatic heterocycles. The maximum atomic E-state index is 14.6. The van der Waals surface area contributed by atoms with E-state index in [1.54, 1.807) is 6.92 Å². The molecule has 0 fully saturated rings. The molecule has 0 aliphatic carbocycles. The highest BCUT2D eigenvalue weighted by molar-refractivity contribution is 6.24. The lowest BCUT2D eigenvalue weighted by Gasteiger charge is -2.24. The molecule has 68 heavy (non-hydrogen) atoms. The van der Waals surface area contributed by atoms with Crippen LogP contribution in [0.5, 0.6) is 17.2 Å². The molecule has 7 aromatic rings. The van der Waals surface area contributed by atoms with Gasteiger partial charge in [0, 0.05) is 26.5 Å². The van der Waals surface area contributed by atoms with Crippen LogP contribution in [0, 0.1) is 34.9 Å². The molecule has 1 aliphatic rings. The second kappa shape index (κ2) is 21.7. The average Bonchev–Trinajstić information content (AvgIpc) is 3.26. The molecule has 8 rings (SSSR count). The third-order valence-corrected chi connectivity index (χ3v) is 9.09. The van der Waals surface area contributed by atoms with Crippen LogP contribution in [0.1, 0.15) is 56.8 Å². The highest BCUT2D eigenvalue weighted by atomic mass is 19.2. The Labute approximate surface area is 381 Å². The largest absolute Gasteiger partial charge is 0.506 e. The lowest BCUT2D eigenvalue weighted by atomic mass is 10.0. The highest BCUT2D eigenvalue weighted by Gasteiger charge is 2.31. The van der Waals surface area contributed by atoms with Crippen molar-refractivity contribution in [2.45, 2.75) is 36.1 Å². The van der Waals surface area contributed by atoms with Crippen LogP contribution in [0.2, 0.25) is 0 Å². The lowest BCUT2D eigenvalue weighted by molar-refractivity contribution is -0.138. The van der Waals surface area contributed by atoms with Crippen LogP contribution in [0.3, 0.4) is 0 Å². The number of aromatic amines is 2. The Kier molecular flexibility index (Phi) is 17.1. The molecule has 4 aromatic carbocycles. The van der Waals surface area contributed by atoms with Gasteiger partial charge in [-0.15, -0.1) is 0 Å². The number of aromatic nitrogens is 5. The number of ketones is 1. The van der Waals surface area contributed by atoms with Gasteiger partial charge < -0.3 is 44.5 Å². The van der Waals surface area contributed by atoms with Crippen molar-refractivity contribution in [1.82, 2.24) is 29.4 Å². The number of esters is 2. The molecule has 0 saturated heterocycles. The summed E-state index contributed by atoms with van der Waals surface area (Å²) in [4.78, 5) is 86.4. The normalized spacial score (nSPS) is 10.9. The molecule has 4 heterocycles. The van der Waals surface area contributed by atoms with Gasteiger partial charge in [0.25, 0.3) is 11.1 Å². The van der Waals surface area contributed by atoms with Crippen LogP contribution in [-0.4, -0.2) is 79.5 Å². The molecule has 0 atom stereocenters. The minimum Gasteiger partial charge on any atom is -0.506 e. The second-order valence-corrected chi connectivity index (χ2v) is 13.6. The number of H-pyrrole nitrogens is 2. The van der Waals surface area contributed by atoms with E-state index >= 15 is 0 Å². The summed E-state index contributed by atoms with van der Waals surface area (Å²) < 4.78 is 98.2. The van der Waals surface area contributed by atoms with Gasteiger partial charge in [0.15, 0.2) is 40.6 Å². The number of aromatic hydroxyl groups is 1. The number of carbonyl (C=O) groups excluding carboxylic acids is 3. The van der Waals surface area contributed by atoms with Crippen LogP contribution in [0.15, 0.2) is 81.4 Å². The van der Waals surface area contributed by atoms with Crippen LogP contribution in [0.25, 0.3) is 38.4 Å². The van der Waals surface area contributed by atoms with E-state index in [1.165, 1.54) is 73.6 Å². The van der Waals surface area contributed by atoms with Gasteiger partial charge in [-0.25, -0.2) is 41.5 Å². The molecule has 360 valence electrons. The summed E-state index contributed by atoms with van der Waals surface area (Å²) in [5.41, 5.74) is 3.00. The number of nitrogens with zero attached hydrogens (tertiary/aromatic N) is 4. The number of ether oxygens (including phenoxy) is 3. The first-order valence-corrected chi connectivity index (χ1v) is 18.6. The number of phenolic OH excluding ortho intramolecular Hbond substituents is 1. The smallest absolute Gasteiger partial charge is 0.343 e. The fourth-order valence-electron chi connectivity index (χ4n) is 6.18. The Bertz CT molecular complexity index is 3340. The summed E-state index contributed by atoms with van der Waals surface area (Å²) in [5, 5.41) is 9.48. The SMILES string of the molecule is C.C.C.CCOC(=O)/C(=C\N(C)C)C(=O)c1cc(F)c(F)c(F)c1F.CCOC(=O)c1cn2c3c(c(F)c(F)cc3c1=O)Oc1cc3c(=O)[nH]cnc3cc1-2.Nc1cc2nc[nH]c(=O)c2cc1O. The van der Waals surface area contributed by atoms with E-state index in [4.69, 9.17) is 15.2 Å². The Morgan fingerprint density at radius 3 is 1.93 bits per heavy atom. The Hall–Kier alpha value is -8.50. The minimum atomic E-state index is -2.13. The third kappa shape index (κ3) is 10.3. The van der Waals surface area contributed by atoms with Gasteiger partial charge in [-0.2, -0.15) is 4.39 Å². The molecule has 5 N–H and O–H groups in total. The number of benzene rings is 4. The third-order valence-electron chi connectivity index (χ3n) is 9.09. The van der Waals surface area contributed by atoms with Crippen molar-refractivity contribution in [2.75, 3.05) is 33.0 Å². The maximum Gasteiger partial charge on any atom is 0.343 e. The van der Waals surface area contributed by atoms with Gasteiger partial charge in [-0.05, 0) is 50.2 Å². The van der Waals surface area contributed by atoms with Crippen molar-refractivity contribution in [1.29, 1.82) is 0 Å². The molecule has 23 heteroatoms. The standard InChI is InChI=1S/C20H11F2N3O5.C14H13F4NO3.C8H7N3O2.3CH4/c1-2-29-20(28)10-6-25-13-5-12-8(19(27)24-7-23-12)4-14(13)30-18-15(22)11(21)3-9(16(18)25)17(10)26;1-4-22-14(21)8(6-19(2)3)13(20)7-5-9(15)11(17)12(18)10(7)16;9-5-2-6-4(1-7(5)12)8(13)11-3-10-6;;;/h3-7H,2H2,1H3,(H,23,24,27);5-6H,4H2,1-3H3;1-3,12H,9H2,(H,10,11,13);3*1H4/b;8-6-;;;;. The maximum absolute atomic E-state index is 14.6. The molecule has 0 amide bonds. The molecular weight excluding hydrogens is 913 g/mol. The van der Waals surface area contributed by atoms with Crippen molar-refractivity contribution < 1.29 is 60.0 Å². The predicted octanol–water partition coefficient (Wildman–Crippen LogP) is 7.34. The fraction of sp³-hybridized carbons (Fsp3) is 0.200. The van der Waals surface area contributed by atoms with Gasteiger partial charge in [-0.3, -0.25) is 19.2 Å². The summed E-state index contributed by atoms with van der Waals surface area (Å²) in [6.07, 6.45) is 4.71. The van der Waals surface area contributed by atoms with Gasteiger partial charge in [0.1, 0.15) is 22.4 Å². The first-order chi connectivity index (χ1) is 30.8. The number of rotatable bonds is 7. The van der Waals surface area contributed by atoms with E-state index in [-0.39, 0.29) is 91.8 Å². The Morgan fingerprint density at radius 1 is 0.765 bits per heavy atom. The predicted molar refractivity (Wildman–Crippen MR) is 239 cm³/mol. The summed E-state index contributed by atoms with van der Waals surface area (Å²) in [7, 11) is 2.93. The second-order valence-electron chi connectivity index (χ2n) is 13.6. The van der Waals surface area contributed by atoms with Crippen molar-refractivity contribution in [3.05, 3.63) is 144 Å². The van der Waals surface area contributed by atoms with Gasteiger partial charge >= 0.3 is 11.9 Å². The van der Waals surface area contributed by atoms with E-state index in [0.29, 0.717) is 22.5 Å². The number of carbonyl (C=O) groups is 3. The zero-order chi connectivity index (χ0) is 47.6. The number of nitrogens with one attached hydrogen (secondary N) is 2.